The van der Waals surface area contributed by atoms with Crippen LogP contribution >= 0.6 is 0 Å². The minimum absolute atomic E-state index is 1.08. The fourth-order valence-electron chi connectivity index (χ4n) is 8.04. The molecule has 2 heteroatoms. The number of hydrogen-bond donors (Lipinski definition) is 0. The number of hydrogen-bond acceptors (Lipinski definition) is 1. The van der Waals surface area contributed by atoms with E-state index < -0.39 is 0 Å². The first-order valence-corrected chi connectivity index (χ1v) is 18.5. The molecule has 0 radical (unpaired) electrons. The van der Waals surface area contributed by atoms with Gasteiger partial charge in [0.25, 0.3) is 0 Å². The zero-order valence-electron chi connectivity index (χ0n) is 29.7. The maximum absolute atomic E-state index is 2.46. The first-order valence-electron chi connectivity index (χ1n) is 18.5. The summed E-state index contributed by atoms with van der Waals surface area (Å²) in [5, 5.41) is 4.87. The third-order valence-electron chi connectivity index (χ3n) is 10.6. The van der Waals surface area contributed by atoms with Crippen LogP contribution in [-0.2, 0) is 0 Å². The van der Waals surface area contributed by atoms with Crippen molar-refractivity contribution in [3.63, 3.8) is 0 Å². The maximum Gasteiger partial charge on any atom is 0.0561 e. The van der Waals surface area contributed by atoms with Crippen LogP contribution in [0.5, 0.6) is 0 Å². The molecule has 0 aliphatic rings. The number of anilines is 3. The predicted molar refractivity (Wildman–Crippen MR) is 229 cm³/mol. The van der Waals surface area contributed by atoms with Crippen LogP contribution in [0.15, 0.2) is 218 Å². The molecule has 0 atom stereocenters. The van der Waals surface area contributed by atoms with Crippen LogP contribution in [0, 0.1) is 0 Å². The largest absolute Gasteiger partial charge is 0.310 e. The second kappa shape index (κ2) is 13.4. The number of aromatic nitrogens is 1. The van der Waals surface area contributed by atoms with Gasteiger partial charge < -0.3 is 9.47 Å². The molecule has 9 aromatic carbocycles. The third-order valence-corrected chi connectivity index (χ3v) is 10.6. The quantitative estimate of drug-likeness (QED) is 0.162. The Morgan fingerprint density at radius 2 is 0.815 bits per heavy atom. The van der Waals surface area contributed by atoms with E-state index in [0.29, 0.717) is 0 Å². The van der Waals surface area contributed by atoms with Gasteiger partial charge in [-0.2, -0.15) is 0 Å². The minimum atomic E-state index is 1.08. The molecule has 1 heterocycles. The van der Waals surface area contributed by atoms with Crippen molar-refractivity contribution in [1.82, 2.24) is 4.57 Å². The maximum atomic E-state index is 2.46. The number of benzene rings is 9. The number of nitrogens with zero attached hydrogens (tertiary/aromatic N) is 2. The molecule has 10 aromatic rings. The molecule has 54 heavy (non-hydrogen) atoms. The van der Waals surface area contributed by atoms with Crippen LogP contribution in [0.1, 0.15) is 0 Å². The van der Waals surface area contributed by atoms with Crippen LogP contribution in [0.2, 0.25) is 0 Å². The van der Waals surface area contributed by atoms with E-state index >= 15 is 0 Å². The SMILES string of the molecule is c1ccc(-c2ccc(N(c3ccc4c5ccccc5n(-c5ccccc5)c4c3)c3cc4ccccc4cc3-c3ccccc3)cc2-c2ccccc2)cc1. The van der Waals surface area contributed by atoms with E-state index in [1.165, 1.54) is 60.4 Å². The normalized spacial score (nSPS) is 11.3. The summed E-state index contributed by atoms with van der Waals surface area (Å²) < 4.78 is 2.40. The molecule has 0 unspecified atom stereocenters. The second-order valence-corrected chi connectivity index (χ2v) is 13.8. The summed E-state index contributed by atoms with van der Waals surface area (Å²) >= 11 is 0. The van der Waals surface area contributed by atoms with Gasteiger partial charge in [-0.25, -0.2) is 0 Å². The van der Waals surface area contributed by atoms with Crippen LogP contribution in [0.4, 0.5) is 17.1 Å². The van der Waals surface area contributed by atoms with Gasteiger partial charge >= 0.3 is 0 Å². The molecule has 10 rings (SSSR count). The number of rotatable bonds is 7. The number of para-hydroxylation sites is 2. The van der Waals surface area contributed by atoms with E-state index in [1.54, 1.807) is 0 Å². The summed E-state index contributed by atoms with van der Waals surface area (Å²) in [5.41, 5.74) is 13.9. The van der Waals surface area contributed by atoms with Crippen molar-refractivity contribution in [2.45, 2.75) is 0 Å². The molecule has 0 aliphatic heterocycles. The molecule has 0 spiro atoms. The summed E-state index contributed by atoms with van der Waals surface area (Å²) in [6.07, 6.45) is 0. The molecule has 254 valence electrons. The average molecular weight is 689 g/mol. The van der Waals surface area contributed by atoms with E-state index in [1.807, 2.05) is 0 Å². The molecular formula is C52H36N2. The van der Waals surface area contributed by atoms with E-state index in [9.17, 15) is 0 Å². The molecule has 0 bridgehead atoms. The van der Waals surface area contributed by atoms with E-state index in [0.717, 1.165) is 28.3 Å². The van der Waals surface area contributed by atoms with Crippen LogP contribution in [0.25, 0.3) is 71.6 Å². The Kier molecular flexibility index (Phi) is 7.85. The average Bonchev–Trinajstić information content (AvgIpc) is 3.58. The van der Waals surface area contributed by atoms with Gasteiger partial charge in [0, 0.05) is 33.4 Å². The van der Waals surface area contributed by atoms with Crippen molar-refractivity contribution >= 4 is 49.6 Å². The fourth-order valence-corrected chi connectivity index (χ4v) is 8.04. The van der Waals surface area contributed by atoms with E-state index in [4.69, 9.17) is 0 Å². The highest BCUT2D eigenvalue weighted by molar-refractivity contribution is 6.11. The Labute approximate surface area is 315 Å². The van der Waals surface area contributed by atoms with Gasteiger partial charge in [-0.1, -0.05) is 164 Å². The van der Waals surface area contributed by atoms with Gasteiger partial charge in [0.1, 0.15) is 0 Å². The molecule has 0 N–H and O–H groups in total. The van der Waals surface area contributed by atoms with Crippen LogP contribution in [-0.4, -0.2) is 4.57 Å². The van der Waals surface area contributed by atoms with Gasteiger partial charge in [0.2, 0.25) is 0 Å². The van der Waals surface area contributed by atoms with Crippen molar-refractivity contribution in [1.29, 1.82) is 0 Å². The van der Waals surface area contributed by atoms with Crippen molar-refractivity contribution in [3.8, 4) is 39.1 Å². The van der Waals surface area contributed by atoms with Crippen molar-refractivity contribution in [3.05, 3.63) is 218 Å². The Balaban J connectivity index is 1.29. The van der Waals surface area contributed by atoms with Gasteiger partial charge in [-0.3, -0.25) is 0 Å². The third kappa shape index (κ3) is 5.53. The summed E-state index contributed by atoms with van der Waals surface area (Å²) in [4.78, 5) is 2.46. The summed E-state index contributed by atoms with van der Waals surface area (Å²) in [6.45, 7) is 0. The van der Waals surface area contributed by atoms with Gasteiger partial charge in [-0.05, 0) is 93.2 Å². The van der Waals surface area contributed by atoms with Crippen molar-refractivity contribution in [2.24, 2.45) is 0 Å². The lowest BCUT2D eigenvalue weighted by atomic mass is 9.93. The molecule has 0 fully saturated rings. The monoisotopic (exact) mass is 688 g/mol. The first kappa shape index (κ1) is 31.6. The number of fused-ring (bicyclic) bond motifs is 4. The lowest BCUT2D eigenvalue weighted by molar-refractivity contribution is 1.18. The molecule has 0 saturated heterocycles. The lowest BCUT2D eigenvalue weighted by Gasteiger charge is -2.29. The van der Waals surface area contributed by atoms with Gasteiger partial charge in [0.15, 0.2) is 0 Å². The van der Waals surface area contributed by atoms with Crippen molar-refractivity contribution in [2.75, 3.05) is 4.90 Å². The molecule has 0 amide bonds. The second-order valence-electron chi connectivity index (χ2n) is 13.8. The Hall–Kier alpha value is -7.16. The topological polar surface area (TPSA) is 8.17 Å². The fraction of sp³-hybridized carbons (Fsp3) is 0. The van der Waals surface area contributed by atoms with E-state index in [-0.39, 0.29) is 0 Å². The Morgan fingerprint density at radius 1 is 0.315 bits per heavy atom. The standard InChI is InChI=1S/C52H36N2/c1-5-17-37(18-6-1)45-31-29-43(35-48(45)38-19-7-2-8-20-38)53(51-34-41-24-14-13-23-40(41)33-49(51)39-21-9-3-10-22-39)44-30-32-47-46-27-15-16-28-50(46)54(52(47)36-44)42-25-11-4-12-26-42/h1-36H. The summed E-state index contributed by atoms with van der Waals surface area (Å²) in [6, 6.07) is 79.0. The zero-order valence-corrected chi connectivity index (χ0v) is 29.7. The Bertz CT molecular complexity index is 2910. The lowest BCUT2D eigenvalue weighted by Crippen LogP contribution is -2.12. The highest BCUT2D eigenvalue weighted by atomic mass is 15.1. The van der Waals surface area contributed by atoms with Crippen molar-refractivity contribution < 1.29 is 0 Å². The van der Waals surface area contributed by atoms with E-state index in [2.05, 4.69) is 228 Å². The zero-order chi connectivity index (χ0) is 35.8. The minimum Gasteiger partial charge on any atom is -0.310 e. The molecule has 1 aromatic heterocycles. The predicted octanol–water partition coefficient (Wildman–Crippen LogP) is 14.4. The summed E-state index contributed by atoms with van der Waals surface area (Å²) in [5.74, 6) is 0. The van der Waals surface area contributed by atoms with Crippen LogP contribution in [0.3, 0.4) is 0 Å². The van der Waals surface area contributed by atoms with Crippen LogP contribution < -0.4 is 4.90 Å². The van der Waals surface area contributed by atoms with Gasteiger partial charge in [0.05, 0.1) is 16.7 Å². The summed E-state index contributed by atoms with van der Waals surface area (Å²) in [7, 11) is 0. The highest BCUT2D eigenvalue weighted by Crippen LogP contribution is 2.46. The van der Waals surface area contributed by atoms with Gasteiger partial charge in [-0.15, -0.1) is 0 Å². The molecule has 0 saturated carbocycles. The smallest absolute Gasteiger partial charge is 0.0561 e. The molecule has 0 aliphatic carbocycles. The Morgan fingerprint density at radius 3 is 1.50 bits per heavy atom. The molecule has 2 nitrogen and oxygen atoms in total. The highest BCUT2D eigenvalue weighted by Gasteiger charge is 2.22. The molecular weight excluding hydrogens is 653 g/mol. The first-order chi connectivity index (χ1) is 26.8.